The molecule has 2 radical (unpaired) electrons. The molecule has 2 aliphatic carbocycles. The van der Waals surface area contributed by atoms with Crippen molar-refractivity contribution >= 4 is 12.2 Å². The van der Waals surface area contributed by atoms with Gasteiger partial charge in [-0.05, 0) is 52.4 Å². The molecule has 0 saturated heterocycles. The predicted molar refractivity (Wildman–Crippen MR) is 131 cm³/mol. The average Bonchev–Trinajstić information content (AvgIpc) is 2.84. The Hall–Kier alpha value is -1.54. The number of hydrogen-bond donors (Lipinski definition) is 2. The van der Waals surface area contributed by atoms with Crippen LogP contribution in [0, 0.1) is 13.8 Å². The van der Waals surface area contributed by atoms with Crippen LogP contribution < -0.4 is 10.6 Å². The van der Waals surface area contributed by atoms with E-state index in [-0.39, 0.29) is 12.2 Å². The molecule has 2 atom stereocenters. The standard InChI is InChI=1S/C26H46N2O6/c1-21(19-31-23-13-7-5-8-14-23)33-25(29)27-17-11-3-4-12-18-28-26(30)34-22(2)20-32-24-15-9-6-10-16-24/h21-24H,1-20H2,(H,27,29)(H,28,30). The minimum atomic E-state index is -0.496. The largest absolute Gasteiger partial charge is 0.444 e. The fraction of sp³-hybridized carbons (Fsp3) is 0.846. The van der Waals surface area contributed by atoms with Gasteiger partial charge in [-0.2, -0.15) is 0 Å². The number of rotatable bonds is 15. The first-order chi connectivity index (χ1) is 16.5. The van der Waals surface area contributed by atoms with Crippen molar-refractivity contribution in [2.75, 3.05) is 26.3 Å². The molecular weight excluding hydrogens is 436 g/mol. The van der Waals surface area contributed by atoms with Crippen molar-refractivity contribution in [3.8, 4) is 0 Å². The molecule has 2 fully saturated rings. The van der Waals surface area contributed by atoms with E-state index in [1.807, 2.05) is 0 Å². The lowest BCUT2D eigenvalue weighted by Crippen LogP contribution is -2.32. The highest BCUT2D eigenvalue weighted by atomic mass is 16.6. The van der Waals surface area contributed by atoms with Crippen molar-refractivity contribution in [1.82, 2.24) is 10.6 Å². The van der Waals surface area contributed by atoms with Gasteiger partial charge in [0.15, 0.2) is 0 Å². The maximum atomic E-state index is 11.8. The molecule has 0 aliphatic heterocycles. The Bertz CT molecular complexity index is 501. The van der Waals surface area contributed by atoms with E-state index >= 15 is 0 Å². The van der Waals surface area contributed by atoms with E-state index in [1.54, 1.807) is 0 Å². The van der Waals surface area contributed by atoms with Gasteiger partial charge in [0.1, 0.15) is 12.2 Å². The molecule has 2 rings (SSSR count). The van der Waals surface area contributed by atoms with Crippen LogP contribution in [0.15, 0.2) is 0 Å². The summed E-state index contributed by atoms with van der Waals surface area (Å²) in [6.45, 7) is 9.47. The Kier molecular flexibility index (Phi) is 15.0. The monoisotopic (exact) mass is 482 g/mol. The number of nitrogens with one attached hydrogen (secondary N) is 2. The maximum Gasteiger partial charge on any atom is 0.407 e. The first-order valence-corrected chi connectivity index (χ1v) is 13.3. The number of carbonyl (C=O) groups is 2. The smallest absolute Gasteiger partial charge is 0.407 e. The summed E-state index contributed by atoms with van der Waals surface area (Å²) < 4.78 is 22.0. The van der Waals surface area contributed by atoms with E-state index < -0.39 is 24.4 Å². The Labute approximate surface area is 206 Å². The van der Waals surface area contributed by atoms with Crippen molar-refractivity contribution in [3.63, 3.8) is 0 Å². The van der Waals surface area contributed by atoms with Crippen LogP contribution in [0.5, 0.6) is 0 Å². The molecule has 0 bridgehead atoms. The van der Waals surface area contributed by atoms with Crippen molar-refractivity contribution in [3.05, 3.63) is 13.8 Å². The van der Waals surface area contributed by atoms with E-state index in [9.17, 15) is 9.59 Å². The minimum Gasteiger partial charge on any atom is -0.444 e. The van der Waals surface area contributed by atoms with Crippen LogP contribution in [0.2, 0.25) is 0 Å². The summed E-state index contributed by atoms with van der Waals surface area (Å²) in [7, 11) is 0. The molecule has 2 N–H and O–H groups in total. The highest BCUT2D eigenvalue weighted by Gasteiger charge is 2.17. The molecule has 2 unspecified atom stereocenters. The van der Waals surface area contributed by atoms with Crippen LogP contribution in [-0.2, 0) is 18.9 Å². The first kappa shape index (κ1) is 28.7. The quantitative estimate of drug-likeness (QED) is 0.315. The highest BCUT2D eigenvalue weighted by Crippen LogP contribution is 2.21. The van der Waals surface area contributed by atoms with Crippen LogP contribution in [-0.4, -0.2) is 62.9 Å². The molecule has 34 heavy (non-hydrogen) atoms. The Morgan fingerprint density at radius 1 is 0.647 bits per heavy atom. The van der Waals surface area contributed by atoms with Gasteiger partial charge in [0.05, 0.1) is 25.4 Å². The zero-order valence-electron chi connectivity index (χ0n) is 20.9. The van der Waals surface area contributed by atoms with Crippen LogP contribution in [0.4, 0.5) is 9.59 Å². The number of carbonyl (C=O) groups excluding carboxylic acids is 2. The topological polar surface area (TPSA) is 95.1 Å². The molecule has 2 aliphatic rings. The summed E-state index contributed by atoms with van der Waals surface area (Å²) in [6, 6.07) is 0. The van der Waals surface area contributed by atoms with Gasteiger partial charge in [0, 0.05) is 13.1 Å². The van der Waals surface area contributed by atoms with Crippen molar-refractivity contribution < 1.29 is 28.5 Å². The predicted octanol–water partition coefficient (Wildman–Crippen LogP) is 5.10. The number of alkyl carbamates (subject to hydrolysis) is 2. The molecule has 2 amide bonds. The van der Waals surface area contributed by atoms with Crippen molar-refractivity contribution in [2.24, 2.45) is 0 Å². The van der Waals surface area contributed by atoms with Gasteiger partial charge >= 0.3 is 12.2 Å². The van der Waals surface area contributed by atoms with E-state index in [2.05, 4.69) is 24.5 Å². The van der Waals surface area contributed by atoms with Gasteiger partial charge < -0.3 is 29.6 Å². The average molecular weight is 483 g/mol. The maximum absolute atomic E-state index is 11.8. The summed E-state index contributed by atoms with van der Waals surface area (Å²) in [5.41, 5.74) is 0. The van der Waals surface area contributed by atoms with Gasteiger partial charge in [-0.3, -0.25) is 0 Å². The summed E-state index contributed by atoms with van der Waals surface area (Å²) in [5, 5.41) is 5.51. The summed E-state index contributed by atoms with van der Waals surface area (Å²) in [5.74, 6) is 0. The lowest BCUT2D eigenvalue weighted by molar-refractivity contribution is -0.0165. The Morgan fingerprint density at radius 2 is 1.03 bits per heavy atom. The second-order valence-electron chi connectivity index (χ2n) is 9.51. The third-order valence-electron chi connectivity index (χ3n) is 6.33. The fourth-order valence-corrected chi connectivity index (χ4v) is 4.39. The SMILES string of the molecule is [CH2]C(COC1CCCCC1)OC(=O)NCCCCCCNC(=O)OC([CH2])COC1CCCCC1. The Balaban J connectivity index is 1.36. The molecule has 0 aromatic carbocycles. The summed E-state index contributed by atoms with van der Waals surface area (Å²) in [4.78, 5) is 23.7. The van der Waals surface area contributed by atoms with E-state index in [1.165, 1.54) is 38.5 Å². The van der Waals surface area contributed by atoms with Crippen LogP contribution in [0.25, 0.3) is 0 Å². The third-order valence-corrected chi connectivity index (χ3v) is 6.33. The molecule has 0 spiro atoms. The van der Waals surface area contributed by atoms with Gasteiger partial charge in [-0.1, -0.05) is 51.4 Å². The second kappa shape index (κ2) is 17.8. The van der Waals surface area contributed by atoms with Gasteiger partial charge in [0.25, 0.3) is 0 Å². The third kappa shape index (κ3) is 14.0. The van der Waals surface area contributed by atoms with Crippen LogP contribution in [0.3, 0.4) is 0 Å². The van der Waals surface area contributed by atoms with Crippen molar-refractivity contribution in [1.29, 1.82) is 0 Å². The summed E-state index contributed by atoms with van der Waals surface area (Å²) >= 11 is 0. The Morgan fingerprint density at radius 3 is 1.41 bits per heavy atom. The van der Waals surface area contributed by atoms with E-state index in [0.29, 0.717) is 26.3 Å². The first-order valence-electron chi connectivity index (χ1n) is 13.3. The molecule has 0 heterocycles. The zero-order valence-corrected chi connectivity index (χ0v) is 20.9. The van der Waals surface area contributed by atoms with E-state index in [0.717, 1.165) is 51.4 Å². The lowest BCUT2D eigenvalue weighted by Gasteiger charge is -2.23. The molecule has 8 nitrogen and oxygen atoms in total. The minimum absolute atomic E-state index is 0.279. The summed E-state index contributed by atoms with van der Waals surface area (Å²) in [6.07, 6.45) is 14.0. The van der Waals surface area contributed by atoms with Gasteiger partial charge in [-0.25, -0.2) is 9.59 Å². The molecule has 196 valence electrons. The number of hydrogen-bond acceptors (Lipinski definition) is 6. The van der Waals surface area contributed by atoms with Crippen LogP contribution in [0.1, 0.15) is 89.9 Å². The molecule has 2 saturated carbocycles. The van der Waals surface area contributed by atoms with E-state index in [4.69, 9.17) is 18.9 Å². The number of ether oxygens (including phenoxy) is 4. The number of unbranched alkanes of at least 4 members (excludes halogenated alkanes) is 3. The molecule has 8 heteroatoms. The normalized spacial score (nSPS) is 19.2. The zero-order chi connectivity index (χ0) is 24.4. The molecule has 0 aromatic heterocycles. The highest BCUT2D eigenvalue weighted by molar-refractivity contribution is 5.67. The second-order valence-corrected chi connectivity index (χ2v) is 9.51. The van der Waals surface area contributed by atoms with Crippen LogP contribution >= 0.6 is 0 Å². The molecule has 0 aromatic rings. The fourth-order valence-electron chi connectivity index (χ4n) is 4.39. The van der Waals surface area contributed by atoms with Gasteiger partial charge in [-0.15, -0.1) is 0 Å². The van der Waals surface area contributed by atoms with Crippen molar-refractivity contribution in [2.45, 2.75) is 114 Å². The number of amides is 2. The molecular formula is C26H46N2O6. The lowest BCUT2D eigenvalue weighted by atomic mass is 9.98. The van der Waals surface area contributed by atoms with Gasteiger partial charge in [0.2, 0.25) is 0 Å².